The predicted octanol–water partition coefficient (Wildman–Crippen LogP) is 3.17. The molecule has 2 unspecified atom stereocenters. The van der Waals surface area contributed by atoms with Crippen molar-refractivity contribution >= 4 is 15.9 Å². The van der Waals surface area contributed by atoms with E-state index < -0.39 is 0 Å². The van der Waals surface area contributed by atoms with Gasteiger partial charge in [0.25, 0.3) is 0 Å². The minimum atomic E-state index is 0.731. The van der Waals surface area contributed by atoms with Gasteiger partial charge in [0.2, 0.25) is 0 Å². The summed E-state index contributed by atoms with van der Waals surface area (Å²) in [6.07, 6.45) is 5.43. The van der Waals surface area contributed by atoms with Crippen LogP contribution in [0.4, 0.5) is 0 Å². The zero-order valence-electron chi connectivity index (χ0n) is 10.7. The maximum Gasteiger partial charge on any atom is 0.0253 e. The third-order valence-corrected chi connectivity index (χ3v) is 5.08. The van der Waals surface area contributed by atoms with Gasteiger partial charge in [0.15, 0.2) is 0 Å². The highest BCUT2D eigenvalue weighted by atomic mass is 79.9. The normalized spacial score (nSPS) is 28.9. The number of benzene rings is 1. The Hall–Kier alpha value is -0.380. The van der Waals surface area contributed by atoms with E-state index in [-0.39, 0.29) is 0 Å². The number of hydrogen-bond donors (Lipinski definition) is 1. The summed E-state index contributed by atoms with van der Waals surface area (Å²) in [6, 6.07) is 10.1. The second-order valence-electron chi connectivity index (χ2n) is 5.47. The molecule has 2 nitrogen and oxygen atoms in total. The Balaban J connectivity index is 1.69. The standard InChI is InChI=1S/C15H21BrN2/c16-13-6-2-1-5-12(13)11-18-10-4-8-15(18)14-7-3-9-17-14/h1-2,5-6,14-15,17H,3-4,7-11H2. The highest BCUT2D eigenvalue weighted by Crippen LogP contribution is 2.28. The van der Waals surface area contributed by atoms with E-state index in [2.05, 4.69) is 50.4 Å². The Morgan fingerprint density at radius 1 is 1.22 bits per heavy atom. The van der Waals surface area contributed by atoms with Gasteiger partial charge in [0.1, 0.15) is 0 Å². The van der Waals surface area contributed by atoms with Gasteiger partial charge in [-0.1, -0.05) is 34.1 Å². The maximum absolute atomic E-state index is 3.68. The monoisotopic (exact) mass is 308 g/mol. The smallest absolute Gasteiger partial charge is 0.0253 e. The van der Waals surface area contributed by atoms with Crippen molar-refractivity contribution in [3.63, 3.8) is 0 Å². The fraction of sp³-hybridized carbons (Fsp3) is 0.600. The van der Waals surface area contributed by atoms with Crippen LogP contribution in [0.15, 0.2) is 28.7 Å². The molecule has 0 aromatic heterocycles. The Morgan fingerprint density at radius 2 is 2.11 bits per heavy atom. The van der Waals surface area contributed by atoms with E-state index in [0.717, 1.165) is 18.6 Å². The van der Waals surface area contributed by atoms with Crippen LogP contribution in [0.5, 0.6) is 0 Å². The number of likely N-dealkylation sites (tertiary alicyclic amines) is 1. The molecule has 2 heterocycles. The second-order valence-corrected chi connectivity index (χ2v) is 6.33. The molecule has 2 atom stereocenters. The van der Waals surface area contributed by atoms with Crippen LogP contribution in [0.2, 0.25) is 0 Å². The first-order valence-electron chi connectivity index (χ1n) is 7.05. The molecule has 0 aliphatic carbocycles. The number of nitrogens with one attached hydrogen (secondary N) is 1. The summed E-state index contributed by atoms with van der Waals surface area (Å²) in [5.41, 5.74) is 1.42. The van der Waals surface area contributed by atoms with Gasteiger partial charge in [0, 0.05) is 23.1 Å². The van der Waals surface area contributed by atoms with Crippen LogP contribution in [-0.4, -0.2) is 30.1 Å². The Kier molecular flexibility index (Phi) is 4.02. The van der Waals surface area contributed by atoms with Crippen molar-refractivity contribution < 1.29 is 0 Å². The molecule has 1 aromatic rings. The van der Waals surface area contributed by atoms with Gasteiger partial charge < -0.3 is 5.32 Å². The third kappa shape index (κ3) is 2.63. The van der Waals surface area contributed by atoms with Crippen molar-refractivity contribution in [1.29, 1.82) is 0 Å². The second kappa shape index (κ2) is 5.72. The molecular weight excluding hydrogens is 288 g/mol. The van der Waals surface area contributed by atoms with Crippen molar-refractivity contribution in [2.24, 2.45) is 0 Å². The van der Waals surface area contributed by atoms with Crippen LogP contribution in [-0.2, 0) is 6.54 Å². The largest absolute Gasteiger partial charge is 0.312 e. The molecular formula is C15H21BrN2. The molecule has 2 fully saturated rings. The average molecular weight is 309 g/mol. The molecule has 3 heteroatoms. The van der Waals surface area contributed by atoms with Crippen molar-refractivity contribution in [3.05, 3.63) is 34.3 Å². The average Bonchev–Trinajstić information content (AvgIpc) is 3.02. The zero-order valence-corrected chi connectivity index (χ0v) is 12.3. The lowest BCUT2D eigenvalue weighted by Gasteiger charge is -2.29. The van der Waals surface area contributed by atoms with Crippen molar-refractivity contribution in [2.45, 2.75) is 44.3 Å². The molecule has 1 N–H and O–H groups in total. The quantitative estimate of drug-likeness (QED) is 0.922. The first-order valence-corrected chi connectivity index (χ1v) is 7.85. The van der Waals surface area contributed by atoms with Gasteiger partial charge in [-0.25, -0.2) is 0 Å². The van der Waals surface area contributed by atoms with E-state index >= 15 is 0 Å². The van der Waals surface area contributed by atoms with Crippen LogP contribution in [0.1, 0.15) is 31.2 Å². The molecule has 18 heavy (non-hydrogen) atoms. The summed E-state index contributed by atoms with van der Waals surface area (Å²) in [4.78, 5) is 2.67. The van der Waals surface area contributed by atoms with Gasteiger partial charge >= 0.3 is 0 Å². The molecule has 0 saturated carbocycles. The maximum atomic E-state index is 3.68. The number of rotatable bonds is 3. The lowest BCUT2D eigenvalue weighted by Crippen LogP contribution is -2.43. The van der Waals surface area contributed by atoms with Crippen LogP contribution >= 0.6 is 15.9 Å². The summed E-state index contributed by atoms with van der Waals surface area (Å²) in [6.45, 7) is 3.55. The van der Waals surface area contributed by atoms with E-state index in [1.165, 1.54) is 48.8 Å². The van der Waals surface area contributed by atoms with E-state index in [4.69, 9.17) is 0 Å². The highest BCUT2D eigenvalue weighted by Gasteiger charge is 2.33. The molecule has 2 aliphatic rings. The summed E-state index contributed by atoms with van der Waals surface area (Å²) in [7, 11) is 0. The summed E-state index contributed by atoms with van der Waals surface area (Å²) >= 11 is 3.66. The van der Waals surface area contributed by atoms with Gasteiger partial charge in [-0.3, -0.25) is 4.90 Å². The third-order valence-electron chi connectivity index (χ3n) is 4.31. The minimum Gasteiger partial charge on any atom is -0.312 e. The van der Waals surface area contributed by atoms with Gasteiger partial charge in [-0.05, 0) is 50.4 Å². The fourth-order valence-corrected chi connectivity index (χ4v) is 3.80. The summed E-state index contributed by atoms with van der Waals surface area (Å²) in [5, 5.41) is 3.68. The zero-order chi connectivity index (χ0) is 12.4. The molecule has 1 aromatic carbocycles. The van der Waals surface area contributed by atoms with Gasteiger partial charge in [-0.2, -0.15) is 0 Å². The van der Waals surface area contributed by atoms with Crippen LogP contribution in [0, 0.1) is 0 Å². The van der Waals surface area contributed by atoms with Crippen LogP contribution in [0.3, 0.4) is 0 Å². The van der Waals surface area contributed by atoms with Gasteiger partial charge in [-0.15, -0.1) is 0 Å². The Labute approximate surface area is 118 Å². The highest BCUT2D eigenvalue weighted by molar-refractivity contribution is 9.10. The molecule has 0 bridgehead atoms. The van der Waals surface area contributed by atoms with E-state index in [1.807, 2.05) is 0 Å². The van der Waals surface area contributed by atoms with E-state index in [0.29, 0.717) is 0 Å². The van der Waals surface area contributed by atoms with Crippen molar-refractivity contribution in [2.75, 3.05) is 13.1 Å². The predicted molar refractivity (Wildman–Crippen MR) is 78.6 cm³/mol. The minimum absolute atomic E-state index is 0.731. The van der Waals surface area contributed by atoms with E-state index in [9.17, 15) is 0 Å². The number of hydrogen-bond acceptors (Lipinski definition) is 2. The van der Waals surface area contributed by atoms with Crippen LogP contribution in [0.25, 0.3) is 0 Å². The SMILES string of the molecule is Brc1ccccc1CN1CCCC1C1CCCN1. The van der Waals surface area contributed by atoms with Gasteiger partial charge in [0.05, 0.1) is 0 Å². The molecule has 98 valence electrons. The lowest BCUT2D eigenvalue weighted by molar-refractivity contribution is 0.206. The molecule has 0 amide bonds. The molecule has 2 saturated heterocycles. The Morgan fingerprint density at radius 3 is 2.89 bits per heavy atom. The fourth-order valence-electron chi connectivity index (χ4n) is 3.39. The Bertz CT molecular complexity index is 401. The topological polar surface area (TPSA) is 15.3 Å². The molecule has 2 aliphatic heterocycles. The van der Waals surface area contributed by atoms with E-state index in [1.54, 1.807) is 0 Å². The molecule has 3 rings (SSSR count). The lowest BCUT2D eigenvalue weighted by atomic mass is 10.0. The first-order chi connectivity index (χ1) is 8.84. The first kappa shape index (κ1) is 12.6. The molecule has 0 radical (unpaired) electrons. The van der Waals surface area contributed by atoms with Crippen molar-refractivity contribution in [1.82, 2.24) is 10.2 Å². The summed E-state index contributed by atoms with van der Waals surface area (Å²) < 4.78 is 1.25. The molecule has 0 spiro atoms. The van der Waals surface area contributed by atoms with Crippen molar-refractivity contribution in [3.8, 4) is 0 Å². The number of nitrogens with zero attached hydrogens (tertiary/aromatic N) is 1. The number of halogens is 1. The van der Waals surface area contributed by atoms with Crippen LogP contribution < -0.4 is 5.32 Å². The summed E-state index contributed by atoms with van der Waals surface area (Å²) in [5.74, 6) is 0.